The second kappa shape index (κ2) is 19.2. The van der Waals surface area contributed by atoms with E-state index in [9.17, 15) is 70.6 Å². The summed E-state index contributed by atoms with van der Waals surface area (Å²) in [5.74, 6) is -2.14. The molecule has 20 atom stereocenters. The molecule has 0 spiro atoms. The Morgan fingerprint density at radius 3 is 1.35 bits per heavy atom. The van der Waals surface area contributed by atoms with Crippen molar-refractivity contribution in [3.8, 4) is 0 Å². The number of rotatable bonds is 13. The number of nitrogens with one attached hydrogen (secondary N) is 3. The molecule has 0 aromatic carbocycles. The fourth-order valence-corrected chi connectivity index (χ4v) is 6.75. The molecule has 4 aliphatic rings. The van der Waals surface area contributed by atoms with Gasteiger partial charge in [0.1, 0.15) is 97.5 Å². The Hall–Kier alpha value is -2.31. The summed E-state index contributed by atoms with van der Waals surface area (Å²) in [6, 6.07) is -4.59. The van der Waals surface area contributed by atoms with Crippen LogP contribution in [-0.4, -0.2) is 223 Å². The third-order valence-electron chi connectivity index (χ3n) is 9.41. The Balaban J connectivity index is 1.60. The molecule has 0 bridgehead atoms. The number of aliphatic hydroxyl groups is 11. The lowest BCUT2D eigenvalue weighted by Crippen LogP contribution is -2.71. The first-order valence-corrected chi connectivity index (χ1v) is 17.1. The predicted octanol–water partition coefficient (Wildman–Crippen LogP) is -9.32. The van der Waals surface area contributed by atoms with Gasteiger partial charge in [0.15, 0.2) is 25.2 Å². The maximum absolute atomic E-state index is 12.3. The van der Waals surface area contributed by atoms with Crippen molar-refractivity contribution in [3.05, 3.63) is 0 Å². The molecule has 0 radical (unpaired) electrons. The molecule has 4 fully saturated rings. The number of amides is 3. The molecule has 3 amide bonds. The highest BCUT2D eigenvalue weighted by Crippen LogP contribution is 2.34. The Labute approximate surface area is 307 Å². The van der Waals surface area contributed by atoms with Crippen LogP contribution in [0.4, 0.5) is 0 Å². The van der Waals surface area contributed by atoms with Crippen molar-refractivity contribution in [2.24, 2.45) is 0 Å². The fourth-order valence-electron chi connectivity index (χ4n) is 6.75. The third-order valence-corrected chi connectivity index (χ3v) is 9.41. The first-order valence-electron chi connectivity index (χ1n) is 17.1. The summed E-state index contributed by atoms with van der Waals surface area (Å²) < 4.78 is 39.7. The van der Waals surface area contributed by atoms with Gasteiger partial charge in [0.05, 0.1) is 26.4 Å². The Kier molecular flexibility index (Phi) is 15.8. The minimum absolute atomic E-state index is 0.682. The van der Waals surface area contributed by atoms with E-state index in [0.29, 0.717) is 0 Å². The average molecular weight is 790 g/mol. The smallest absolute Gasteiger partial charge is 0.217 e. The zero-order valence-electron chi connectivity index (χ0n) is 29.4. The summed E-state index contributed by atoms with van der Waals surface area (Å²) in [7, 11) is 0. The topological polar surface area (TPSA) is 374 Å². The van der Waals surface area contributed by atoms with Crippen LogP contribution in [0.15, 0.2) is 0 Å². The van der Waals surface area contributed by atoms with Gasteiger partial charge >= 0.3 is 0 Å². The van der Waals surface area contributed by atoms with E-state index in [2.05, 4.69) is 16.0 Å². The number of aliphatic hydroxyl groups excluding tert-OH is 11. The van der Waals surface area contributed by atoms with Crippen LogP contribution in [-0.2, 0) is 47.5 Å². The quantitative estimate of drug-likeness (QED) is 0.0823. The van der Waals surface area contributed by atoms with Crippen molar-refractivity contribution in [1.82, 2.24) is 16.0 Å². The maximum atomic E-state index is 12.3. The van der Waals surface area contributed by atoms with E-state index >= 15 is 0 Å². The van der Waals surface area contributed by atoms with Crippen molar-refractivity contribution in [3.63, 3.8) is 0 Å². The van der Waals surface area contributed by atoms with Gasteiger partial charge in [-0.25, -0.2) is 0 Å². The lowest BCUT2D eigenvalue weighted by Gasteiger charge is -2.50. The second-order valence-corrected chi connectivity index (χ2v) is 13.3. The van der Waals surface area contributed by atoms with Gasteiger partial charge in [-0.1, -0.05) is 0 Å². The van der Waals surface area contributed by atoms with Gasteiger partial charge in [-0.15, -0.1) is 0 Å². The molecule has 14 N–H and O–H groups in total. The number of carbonyl (C=O) groups is 3. The Morgan fingerprint density at radius 1 is 0.444 bits per heavy atom. The maximum Gasteiger partial charge on any atom is 0.217 e. The molecule has 54 heavy (non-hydrogen) atoms. The van der Waals surface area contributed by atoms with Crippen molar-refractivity contribution in [2.45, 2.75) is 143 Å². The molecule has 4 aliphatic heterocycles. The Morgan fingerprint density at radius 2 is 0.833 bits per heavy atom. The van der Waals surface area contributed by atoms with E-state index in [1.807, 2.05) is 0 Å². The SMILES string of the molecule is CC(=O)N[C@@H]1[C@@H](O[C@@H]2O[C@H](CO)[C@@H](O[C@@H]3O[C@H](CO)[C@H](O)[C@H](O[C@H]4O[C@H](CO)[C@H](O)[C@H](O)[C@H]4NC(C)=O)[C@H]3O)[C@H](O)[C@H]2NC(C)=O)[C@@H](O)[C@@H](CO)O[C@@H]1O. The minimum Gasteiger partial charge on any atom is -0.394 e. The summed E-state index contributed by atoms with van der Waals surface area (Å²) in [4.78, 5) is 36.1. The molecular formula is C30H51N3O21. The molecule has 0 aliphatic carbocycles. The van der Waals surface area contributed by atoms with Crippen LogP contribution in [0, 0.1) is 0 Å². The first-order chi connectivity index (χ1) is 25.5. The van der Waals surface area contributed by atoms with Gasteiger partial charge in [0, 0.05) is 20.8 Å². The van der Waals surface area contributed by atoms with Crippen LogP contribution in [0.3, 0.4) is 0 Å². The highest BCUT2D eigenvalue weighted by Gasteiger charge is 2.56. The zero-order valence-corrected chi connectivity index (χ0v) is 29.4. The van der Waals surface area contributed by atoms with Crippen LogP contribution in [0.2, 0.25) is 0 Å². The Bertz CT molecular complexity index is 1250. The van der Waals surface area contributed by atoms with Gasteiger partial charge in [0.2, 0.25) is 17.7 Å². The minimum atomic E-state index is -2.05. The van der Waals surface area contributed by atoms with E-state index in [4.69, 9.17) is 33.2 Å². The molecule has 0 unspecified atom stereocenters. The van der Waals surface area contributed by atoms with Gasteiger partial charge in [-0.2, -0.15) is 0 Å². The van der Waals surface area contributed by atoms with Gasteiger partial charge in [-0.05, 0) is 0 Å². The van der Waals surface area contributed by atoms with Crippen molar-refractivity contribution >= 4 is 17.7 Å². The molecule has 312 valence electrons. The molecular weight excluding hydrogens is 738 g/mol. The standard InChI is InChI=1S/C30H51N3O21/c1-8(38)31-15-21(44)18(41)11(4-34)49-28(15)54-26-20(43)13(6-36)50-30(23(26)46)52-24-14(7-37)51-29(16(22(24)45)32-9(2)39)53-25-17(33-10(3)40)27(47)48-12(5-35)19(25)42/h11-30,34-37,41-47H,4-7H2,1-3H3,(H,31,38)(H,32,39)(H,33,40)/t11-,12-,13-,14-,15-,16-,17-,18+,19+,20+,21-,22-,23-,24-,25-,26+,27+,28-,29+,30+/m1/s1. The first kappa shape index (κ1) is 44.4. The van der Waals surface area contributed by atoms with Gasteiger partial charge in [0.25, 0.3) is 0 Å². The largest absolute Gasteiger partial charge is 0.394 e. The third kappa shape index (κ3) is 9.79. The van der Waals surface area contributed by atoms with Crippen LogP contribution in [0.1, 0.15) is 20.8 Å². The van der Waals surface area contributed by atoms with Crippen LogP contribution in [0.25, 0.3) is 0 Å². The highest BCUT2D eigenvalue weighted by atomic mass is 16.8. The predicted molar refractivity (Wildman–Crippen MR) is 169 cm³/mol. The molecule has 0 saturated carbocycles. The fraction of sp³-hybridized carbons (Fsp3) is 0.900. The molecule has 4 rings (SSSR count). The summed E-state index contributed by atoms with van der Waals surface area (Å²) in [5, 5.41) is 123. The summed E-state index contributed by atoms with van der Waals surface area (Å²) in [6.07, 6.45) is -29.4. The molecule has 24 heteroatoms. The number of carbonyl (C=O) groups excluding carboxylic acids is 3. The molecule has 0 aromatic heterocycles. The lowest BCUT2D eigenvalue weighted by molar-refractivity contribution is -0.373. The summed E-state index contributed by atoms with van der Waals surface area (Å²) in [6.45, 7) is -0.217. The highest BCUT2D eigenvalue weighted by molar-refractivity contribution is 5.74. The average Bonchev–Trinajstić information content (AvgIpc) is 3.11. The molecule has 24 nitrogen and oxygen atoms in total. The number of ether oxygens (including phenoxy) is 7. The van der Waals surface area contributed by atoms with E-state index in [0.717, 1.165) is 20.8 Å². The second-order valence-electron chi connectivity index (χ2n) is 13.3. The van der Waals surface area contributed by atoms with Crippen LogP contribution >= 0.6 is 0 Å². The van der Waals surface area contributed by atoms with E-state index in [-0.39, 0.29) is 0 Å². The van der Waals surface area contributed by atoms with Gasteiger partial charge < -0.3 is 105 Å². The van der Waals surface area contributed by atoms with E-state index in [1.54, 1.807) is 0 Å². The lowest BCUT2D eigenvalue weighted by atomic mass is 9.93. The van der Waals surface area contributed by atoms with Crippen molar-refractivity contribution < 1.29 is 104 Å². The van der Waals surface area contributed by atoms with Gasteiger partial charge in [-0.3, -0.25) is 14.4 Å². The molecule has 4 saturated heterocycles. The van der Waals surface area contributed by atoms with E-state index < -0.39 is 167 Å². The van der Waals surface area contributed by atoms with E-state index in [1.165, 1.54) is 0 Å². The molecule has 4 heterocycles. The van der Waals surface area contributed by atoms with Crippen molar-refractivity contribution in [2.75, 3.05) is 26.4 Å². The zero-order chi connectivity index (χ0) is 40.2. The monoisotopic (exact) mass is 789 g/mol. The summed E-state index contributed by atoms with van der Waals surface area (Å²) in [5.41, 5.74) is 0. The number of hydrogen-bond donors (Lipinski definition) is 14. The molecule has 0 aromatic rings. The van der Waals surface area contributed by atoms with Crippen LogP contribution < -0.4 is 16.0 Å². The normalized spacial score (nSPS) is 45.7. The number of hydrogen-bond acceptors (Lipinski definition) is 21. The van der Waals surface area contributed by atoms with Crippen LogP contribution in [0.5, 0.6) is 0 Å². The van der Waals surface area contributed by atoms with Crippen molar-refractivity contribution in [1.29, 1.82) is 0 Å². The summed E-state index contributed by atoms with van der Waals surface area (Å²) >= 11 is 0.